The molecule has 1 amide bonds. The van der Waals surface area contributed by atoms with E-state index in [1.54, 1.807) is 0 Å². The maximum Gasteiger partial charge on any atom is 0.305 e. The van der Waals surface area contributed by atoms with E-state index in [9.17, 15) is 9.59 Å². The van der Waals surface area contributed by atoms with E-state index < -0.39 is 11.5 Å². The highest BCUT2D eigenvalue weighted by molar-refractivity contribution is 5.96. The molecule has 1 saturated carbocycles. The van der Waals surface area contributed by atoms with Gasteiger partial charge in [-0.25, -0.2) is 0 Å². The third-order valence-corrected chi connectivity index (χ3v) is 3.82. The second-order valence-electron chi connectivity index (χ2n) is 5.48. The van der Waals surface area contributed by atoms with Gasteiger partial charge >= 0.3 is 5.97 Å². The van der Waals surface area contributed by atoms with Crippen LogP contribution in [0.1, 0.15) is 47.2 Å². The van der Waals surface area contributed by atoms with Crippen LogP contribution in [0.25, 0.3) is 0 Å². The molecule has 0 saturated heterocycles. The van der Waals surface area contributed by atoms with Crippen LogP contribution in [0, 0.1) is 13.8 Å². The number of rotatable bonds is 4. The molecule has 1 aliphatic carbocycles. The van der Waals surface area contributed by atoms with E-state index in [4.69, 9.17) is 5.11 Å². The first-order valence-corrected chi connectivity index (χ1v) is 6.53. The number of aryl methyl sites for hydroxylation is 2. The van der Waals surface area contributed by atoms with Gasteiger partial charge in [0.25, 0.3) is 5.91 Å². The van der Waals surface area contributed by atoms with Crippen LogP contribution in [0.15, 0.2) is 18.2 Å². The molecule has 0 aromatic heterocycles. The highest BCUT2D eigenvalue weighted by Crippen LogP contribution is 2.35. The summed E-state index contributed by atoms with van der Waals surface area (Å²) in [5.74, 6) is -1.02. The van der Waals surface area contributed by atoms with E-state index in [0.29, 0.717) is 5.56 Å². The Bertz CT molecular complexity index is 518. The van der Waals surface area contributed by atoms with Crippen molar-refractivity contribution in [3.05, 3.63) is 34.9 Å². The molecular formula is C15H19NO3. The lowest BCUT2D eigenvalue weighted by atomic mass is 9.74. The lowest BCUT2D eigenvalue weighted by Gasteiger charge is -2.41. The summed E-state index contributed by atoms with van der Waals surface area (Å²) < 4.78 is 0. The summed E-state index contributed by atoms with van der Waals surface area (Å²) in [6, 6.07) is 5.72. The highest BCUT2D eigenvalue weighted by atomic mass is 16.4. The van der Waals surface area contributed by atoms with Crippen molar-refractivity contribution >= 4 is 11.9 Å². The van der Waals surface area contributed by atoms with Gasteiger partial charge in [0.2, 0.25) is 0 Å². The molecule has 19 heavy (non-hydrogen) atoms. The van der Waals surface area contributed by atoms with Crippen molar-refractivity contribution in [2.24, 2.45) is 0 Å². The van der Waals surface area contributed by atoms with Crippen LogP contribution < -0.4 is 5.32 Å². The molecule has 0 bridgehead atoms. The van der Waals surface area contributed by atoms with Crippen LogP contribution in [0.5, 0.6) is 0 Å². The van der Waals surface area contributed by atoms with E-state index in [2.05, 4.69) is 5.32 Å². The maximum absolute atomic E-state index is 12.3. The number of amides is 1. The Hall–Kier alpha value is -1.84. The monoisotopic (exact) mass is 261 g/mol. The predicted molar refractivity (Wildman–Crippen MR) is 72.2 cm³/mol. The van der Waals surface area contributed by atoms with Crippen LogP contribution in [0.2, 0.25) is 0 Å². The van der Waals surface area contributed by atoms with Crippen molar-refractivity contribution in [1.29, 1.82) is 0 Å². The van der Waals surface area contributed by atoms with Gasteiger partial charge in [0.05, 0.1) is 12.0 Å². The first-order chi connectivity index (χ1) is 8.92. The lowest BCUT2D eigenvalue weighted by Crippen LogP contribution is -2.54. The van der Waals surface area contributed by atoms with Crippen LogP contribution in [-0.4, -0.2) is 22.5 Å². The Morgan fingerprint density at radius 1 is 1.32 bits per heavy atom. The van der Waals surface area contributed by atoms with Gasteiger partial charge in [-0.2, -0.15) is 0 Å². The molecule has 0 radical (unpaired) electrons. The fourth-order valence-corrected chi connectivity index (χ4v) is 2.53. The summed E-state index contributed by atoms with van der Waals surface area (Å²) >= 11 is 0. The topological polar surface area (TPSA) is 66.4 Å². The molecular weight excluding hydrogens is 242 g/mol. The number of hydrogen-bond acceptors (Lipinski definition) is 2. The first kappa shape index (κ1) is 13.6. The van der Waals surface area contributed by atoms with Crippen molar-refractivity contribution in [2.45, 2.75) is 45.1 Å². The van der Waals surface area contributed by atoms with E-state index in [-0.39, 0.29) is 12.3 Å². The third-order valence-electron chi connectivity index (χ3n) is 3.82. The van der Waals surface area contributed by atoms with Crippen molar-refractivity contribution in [2.75, 3.05) is 0 Å². The number of benzene rings is 1. The van der Waals surface area contributed by atoms with Gasteiger partial charge in [0.15, 0.2) is 0 Å². The van der Waals surface area contributed by atoms with Gasteiger partial charge in [-0.3, -0.25) is 9.59 Å². The van der Waals surface area contributed by atoms with E-state index in [1.165, 1.54) is 0 Å². The van der Waals surface area contributed by atoms with Crippen LogP contribution >= 0.6 is 0 Å². The fraction of sp³-hybridized carbons (Fsp3) is 0.467. The Kier molecular flexibility index (Phi) is 3.60. The van der Waals surface area contributed by atoms with Gasteiger partial charge in [-0.15, -0.1) is 0 Å². The molecule has 2 rings (SSSR count). The zero-order valence-electron chi connectivity index (χ0n) is 11.3. The number of carbonyl (C=O) groups excluding carboxylic acids is 1. The SMILES string of the molecule is Cc1ccc(C)c(C(=O)NC2(CC(=O)O)CCC2)c1. The summed E-state index contributed by atoms with van der Waals surface area (Å²) in [6.45, 7) is 3.82. The van der Waals surface area contributed by atoms with Crippen molar-refractivity contribution in [3.8, 4) is 0 Å². The molecule has 4 nitrogen and oxygen atoms in total. The summed E-state index contributed by atoms with van der Waals surface area (Å²) in [5, 5.41) is 11.9. The number of hydrogen-bond donors (Lipinski definition) is 2. The molecule has 1 aliphatic rings. The zero-order chi connectivity index (χ0) is 14.0. The van der Waals surface area contributed by atoms with Gasteiger partial charge in [-0.05, 0) is 44.7 Å². The summed E-state index contributed by atoms with van der Waals surface area (Å²) in [5.41, 5.74) is 2.03. The Morgan fingerprint density at radius 2 is 2.00 bits per heavy atom. The van der Waals surface area contributed by atoms with Crippen LogP contribution in [-0.2, 0) is 4.79 Å². The number of aliphatic carboxylic acids is 1. The number of nitrogens with one attached hydrogen (secondary N) is 1. The Balaban J connectivity index is 2.16. The molecule has 102 valence electrons. The second kappa shape index (κ2) is 5.03. The fourth-order valence-electron chi connectivity index (χ4n) is 2.53. The molecule has 1 aromatic rings. The molecule has 0 aliphatic heterocycles. The minimum atomic E-state index is -0.860. The number of carboxylic acid groups (broad SMARTS) is 1. The van der Waals surface area contributed by atoms with Gasteiger partial charge in [0, 0.05) is 5.56 Å². The summed E-state index contributed by atoms with van der Waals surface area (Å²) in [4.78, 5) is 23.2. The molecule has 0 atom stereocenters. The van der Waals surface area contributed by atoms with Gasteiger partial charge in [0.1, 0.15) is 0 Å². The van der Waals surface area contributed by atoms with E-state index in [1.807, 2.05) is 32.0 Å². The second-order valence-corrected chi connectivity index (χ2v) is 5.48. The maximum atomic E-state index is 12.3. The van der Waals surface area contributed by atoms with Gasteiger partial charge in [-0.1, -0.05) is 17.7 Å². The third kappa shape index (κ3) is 2.95. The lowest BCUT2D eigenvalue weighted by molar-refractivity contribution is -0.139. The van der Waals surface area contributed by atoms with Crippen LogP contribution in [0.3, 0.4) is 0 Å². The van der Waals surface area contributed by atoms with Crippen molar-refractivity contribution in [1.82, 2.24) is 5.32 Å². The first-order valence-electron chi connectivity index (χ1n) is 6.53. The standard InChI is InChI=1S/C15H19NO3/c1-10-4-5-11(2)12(8-10)14(19)16-15(6-3-7-15)9-13(17)18/h4-5,8H,3,6-7,9H2,1-2H3,(H,16,19)(H,17,18). The van der Waals surface area contributed by atoms with E-state index in [0.717, 1.165) is 30.4 Å². The number of carbonyl (C=O) groups is 2. The van der Waals surface area contributed by atoms with Crippen LogP contribution in [0.4, 0.5) is 0 Å². The molecule has 2 N–H and O–H groups in total. The Morgan fingerprint density at radius 3 is 2.53 bits per heavy atom. The predicted octanol–water partition coefficient (Wildman–Crippen LogP) is 2.43. The molecule has 0 heterocycles. The quantitative estimate of drug-likeness (QED) is 0.874. The smallest absolute Gasteiger partial charge is 0.305 e. The minimum absolute atomic E-state index is 0.00357. The highest BCUT2D eigenvalue weighted by Gasteiger charge is 2.40. The average Bonchev–Trinajstić information content (AvgIpc) is 2.28. The summed E-state index contributed by atoms with van der Waals surface area (Å²) in [7, 11) is 0. The molecule has 4 heteroatoms. The molecule has 1 aromatic carbocycles. The largest absolute Gasteiger partial charge is 0.481 e. The van der Waals surface area contributed by atoms with E-state index >= 15 is 0 Å². The summed E-state index contributed by atoms with van der Waals surface area (Å²) in [6.07, 6.45) is 2.47. The van der Waals surface area contributed by atoms with Gasteiger partial charge < -0.3 is 10.4 Å². The molecule has 1 fully saturated rings. The normalized spacial score (nSPS) is 16.5. The molecule has 0 unspecified atom stereocenters. The average molecular weight is 261 g/mol. The Labute approximate surface area is 112 Å². The number of carboxylic acids is 1. The zero-order valence-corrected chi connectivity index (χ0v) is 11.3. The van der Waals surface area contributed by atoms with Crippen molar-refractivity contribution < 1.29 is 14.7 Å². The molecule has 0 spiro atoms. The minimum Gasteiger partial charge on any atom is -0.481 e. The van der Waals surface area contributed by atoms with Crippen molar-refractivity contribution in [3.63, 3.8) is 0 Å².